The molecule has 1 heterocycles. The molecule has 3 rings (SSSR count). The number of hydrogen-bond acceptors (Lipinski definition) is 4. The van der Waals surface area contributed by atoms with E-state index in [9.17, 15) is 4.79 Å². The third-order valence-electron chi connectivity index (χ3n) is 3.31. The Balaban J connectivity index is 1.59. The summed E-state index contributed by atoms with van der Waals surface area (Å²) < 4.78 is 6.21. The van der Waals surface area contributed by atoms with Crippen molar-refractivity contribution in [1.29, 1.82) is 0 Å². The van der Waals surface area contributed by atoms with Crippen molar-refractivity contribution in [3.63, 3.8) is 0 Å². The van der Waals surface area contributed by atoms with Crippen molar-refractivity contribution in [2.75, 3.05) is 6.61 Å². The average Bonchev–Trinajstić information content (AvgIpc) is 3.18. The second kappa shape index (κ2) is 5.97. The quantitative estimate of drug-likeness (QED) is 0.669. The Hall–Kier alpha value is -1.33. The van der Waals surface area contributed by atoms with Crippen molar-refractivity contribution < 1.29 is 9.53 Å². The van der Waals surface area contributed by atoms with E-state index in [2.05, 4.69) is 5.32 Å². The van der Waals surface area contributed by atoms with Gasteiger partial charge in [-0.05, 0) is 36.1 Å². The molecule has 2 aliphatic rings. The smallest absolute Gasteiger partial charge is 0.263 e. The van der Waals surface area contributed by atoms with E-state index >= 15 is 0 Å². The zero-order chi connectivity index (χ0) is 13.9. The van der Waals surface area contributed by atoms with Gasteiger partial charge in [-0.3, -0.25) is 4.79 Å². The van der Waals surface area contributed by atoms with Gasteiger partial charge in [0, 0.05) is 0 Å². The first kappa shape index (κ1) is 13.6. The lowest BCUT2D eigenvalue weighted by molar-refractivity contribution is -0.115. The van der Waals surface area contributed by atoms with E-state index in [1.165, 1.54) is 24.6 Å². The highest BCUT2D eigenvalue weighted by atomic mass is 32.2. The summed E-state index contributed by atoms with van der Waals surface area (Å²) in [5.41, 5.74) is 0.974. The molecule has 1 saturated carbocycles. The molecule has 1 aromatic carbocycles. The summed E-state index contributed by atoms with van der Waals surface area (Å²) in [7, 11) is 0. The van der Waals surface area contributed by atoms with Crippen molar-refractivity contribution in [3.05, 3.63) is 34.7 Å². The fourth-order valence-corrected chi connectivity index (χ4v) is 3.03. The number of amides is 1. The van der Waals surface area contributed by atoms with Crippen LogP contribution in [0.4, 0.5) is 0 Å². The van der Waals surface area contributed by atoms with E-state index in [0.29, 0.717) is 9.23 Å². The van der Waals surface area contributed by atoms with E-state index < -0.39 is 0 Å². The molecule has 1 aliphatic heterocycles. The number of thiocarbonyl (C=S) groups is 1. The minimum absolute atomic E-state index is 0.121. The van der Waals surface area contributed by atoms with Crippen LogP contribution >= 0.6 is 24.0 Å². The molecule has 1 aromatic rings. The fourth-order valence-electron chi connectivity index (χ4n) is 1.98. The standard InChI is InChI=1S/C15H15NO2S2/c17-14-13(20-15(19)16-14)9-11-3-5-12(6-4-11)18-8-7-10-1-2-10/h3-6,9-10H,1-2,7-8H2,(H,16,17,19). The van der Waals surface area contributed by atoms with E-state index in [1.807, 2.05) is 30.3 Å². The molecule has 0 spiro atoms. The normalized spacial score (nSPS) is 20.3. The zero-order valence-electron chi connectivity index (χ0n) is 10.9. The van der Waals surface area contributed by atoms with Gasteiger partial charge in [-0.2, -0.15) is 0 Å². The monoisotopic (exact) mass is 305 g/mol. The van der Waals surface area contributed by atoms with Crippen LogP contribution in [0.2, 0.25) is 0 Å². The van der Waals surface area contributed by atoms with E-state index in [-0.39, 0.29) is 5.91 Å². The number of nitrogens with one attached hydrogen (secondary N) is 1. The number of carbonyl (C=O) groups is 1. The van der Waals surface area contributed by atoms with Crippen molar-refractivity contribution in [2.24, 2.45) is 5.92 Å². The van der Waals surface area contributed by atoms with Crippen LogP contribution in [0.3, 0.4) is 0 Å². The maximum Gasteiger partial charge on any atom is 0.263 e. The van der Waals surface area contributed by atoms with Gasteiger partial charge in [0.2, 0.25) is 0 Å². The van der Waals surface area contributed by atoms with Gasteiger partial charge in [0.25, 0.3) is 5.91 Å². The number of carbonyl (C=O) groups excluding carboxylic acids is 1. The van der Waals surface area contributed by atoms with Crippen molar-refractivity contribution in [3.8, 4) is 5.75 Å². The number of hydrogen-bond donors (Lipinski definition) is 1. The Morgan fingerprint density at radius 2 is 2.10 bits per heavy atom. The summed E-state index contributed by atoms with van der Waals surface area (Å²) in [5.74, 6) is 1.65. The van der Waals surface area contributed by atoms with Gasteiger partial charge in [-0.1, -0.05) is 49.0 Å². The molecular formula is C15H15NO2S2. The molecule has 5 heteroatoms. The first-order valence-electron chi connectivity index (χ1n) is 6.68. The first-order chi connectivity index (χ1) is 9.70. The number of rotatable bonds is 5. The molecule has 0 radical (unpaired) electrons. The van der Waals surface area contributed by atoms with Gasteiger partial charge >= 0.3 is 0 Å². The minimum Gasteiger partial charge on any atom is -0.494 e. The predicted octanol–water partition coefficient (Wildman–Crippen LogP) is 3.35. The van der Waals surface area contributed by atoms with Gasteiger partial charge in [0.05, 0.1) is 11.5 Å². The Morgan fingerprint density at radius 1 is 1.35 bits per heavy atom. The third kappa shape index (κ3) is 3.61. The lowest BCUT2D eigenvalue weighted by atomic mass is 10.2. The Kier molecular flexibility index (Phi) is 4.08. The van der Waals surface area contributed by atoms with E-state index in [0.717, 1.165) is 30.3 Å². The van der Waals surface area contributed by atoms with Crippen LogP contribution in [0.25, 0.3) is 6.08 Å². The van der Waals surface area contributed by atoms with Crippen LogP contribution in [0, 0.1) is 5.92 Å². The van der Waals surface area contributed by atoms with Gasteiger partial charge in [-0.15, -0.1) is 0 Å². The fraction of sp³-hybridized carbons (Fsp3) is 0.333. The molecule has 0 unspecified atom stereocenters. The Labute approximate surface area is 127 Å². The Bertz CT molecular complexity index is 562. The van der Waals surface area contributed by atoms with Crippen molar-refractivity contribution >= 4 is 40.3 Å². The number of benzene rings is 1. The van der Waals surface area contributed by atoms with Crippen LogP contribution in [0.5, 0.6) is 5.75 Å². The molecule has 1 saturated heterocycles. The molecule has 1 N–H and O–H groups in total. The lowest BCUT2D eigenvalue weighted by Gasteiger charge is -2.05. The molecule has 3 nitrogen and oxygen atoms in total. The summed E-state index contributed by atoms with van der Waals surface area (Å²) in [6, 6.07) is 7.79. The van der Waals surface area contributed by atoms with Crippen LogP contribution < -0.4 is 10.1 Å². The molecule has 0 bridgehead atoms. The van der Waals surface area contributed by atoms with Crippen LogP contribution in [-0.2, 0) is 4.79 Å². The second-order valence-electron chi connectivity index (χ2n) is 5.00. The number of thioether (sulfide) groups is 1. The van der Waals surface area contributed by atoms with Crippen molar-refractivity contribution in [2.45, 2.75) is 19.3 Å². The molecule has 1 amide bonds. The molecule has 0 aromatic heterocycles. The molecule has 1 aliphatic carbocycles. The highest BCUT2D eigenvalue weighted by molar-refractivity contribution is 8.26. The lowest BCUT2D eigenvalue weighted by Crippen LogP contribution is -2.17. The summed E-state index contributed by atoms with van der Waals surface area (Å²) in [6.07, 6.45) is 5.71. The molecule has 20 heavy (non-hydrogen) atoms. The van der Waals surface area contributed by atoms with E-state index in [1.54, 1.807) is 0 Å². The highest BCUT2D eigenvalue weighted by Crippen LogP contribution is 2.32. The summed E-state index contributed by atoms with van der Waals surface area (Å²) in [4.78, 5) is 12.2. The number of ether oxygens (including phenoxy) is 1. The van der Waals surface area contributed by atoms with Crippen LogP contribution in [-0.4, -0.2) is 16.8 Å². The third-order valence-corrected chi connectivity index (χ3v) is 4.47. The summed E-state index contributed by atoms with van der Waals surface area (Å²) >= 11 is 6.25. The topological polar surface area (TPSA) is 38.3 Å². The molecular weight excluding hydrogens is 290 g/mol. The largest absolute Gasteiger partial charge is 0.494 e. The van der Waals surface area contributed by atoms with Gasteiger partial charge in [-0.25, -0.2) is 0 Å². The SMILES string of the molecule is O=C1NC(=S)SC1=Cc1ccc(OCCC2CC2)cc1. The van der Waals surface area contributed by atoms with Gasteiger partial charge in [0.1, 0.15) is 10.1 Å². The Morgan fingerprint density at radius 3 is 2.70 bits per heavy atom. The van der Waals surface area contributed by atoms with Crippen molar-refractivity contribution in [1.82, 2.24) is 5.32 Å². The van der Waals surface area contributed by atoms with Gasteiger partial charge in [0.15, 0.2) is 0 Å². The first-order valence-corrected chi connectivity index (χ1v) is 7.91. The maximum atomic E-state index is 11.6. The van der Waals surface area contributed by atoms with E-state index in [4.69, 9.17) is 17.0 Å². The van der Waals surface area contributed by atoms with Crippen LogP contribution in [0.1, 0.15) is 24.8 Å². The highest BCUT2D eigenvalue weighted by Gasteiger charge is 2.22. The predicted molar refractivity (Wildman–Crippen MR) is 85.6 cm³/mol. The second-order valence-corrected chi connectivity index (χ2v) is 6.72. The molecule has 104 valence electrons. The minimum atomic E-state index is -0.121. The molecule has 0 atom stereocenters. The maximum absolute atomic E-state index is 11.6. The zero-order valence-corrected chi connectivity index (χ0v) is 12.6. The summed E-state index contributed by atoms with van der Waals surface area (Å²) in [6.45, 7) is 0.789. The van der Waals surface area contributed by atoms with Crippen LogP contribution in [0.15, 0.2) is 29.2 Å². The molecule has 2 fully saturated rings. The van der Waals surface area contributed by atoms with Gasteiger partial charge < -0.3 is 10.1 Å². The summed E-state index contributed by atoms with van der Waals surface area (Å²) in [5, 5.41) is 2.61. The average molecular weight is 305 g/mol.